The first-order chi connectivity index (χ1) is 23.1. The normalized spacial score (nSPS) is 15.1. The summed E-state index contributed by atoms with van der Waals surface area (Å²) in [5.74, 6) is -3.47. The van der Waals surface area contributed by atoms with E-state index in [-0.39, 0.29) is 23.8 Å². The second kappa shape index (κ2) is 17.3. The van der Waals surface area contributed by atoms with Crippen LogP contribution in [0.3, 0.4) is 0 Å². The predicted molar refractivity (Wildman–Crippen MR) is 174 cm³/mol. The van der Waals surface area contributed by atoms with Gasteiger partial charge in [0, 0.05) is 24.0 Å². The molecule has 1 aliphatic heterocycles. The Morgan fingerprint density at radius 3 is 1.81 bits per heavy atom. The van der Waals surface area contributed by atoms with E-state index in [0.29, 0.717) is 33.9 Å². The van der Waals surface area contributed by atoms with Crippen molar-refractivity contribution in [2.75, 3.05) is 19.7 Å². The third-order valence-electron chi connectivity index (χ3n) is 6.49. The minimum absolute atomic E-state index is 0.152. The van der Waals surface area contributed by atoms with Crippen LogP contribution < -0.4 is 4.74 Å². The highest BCUT2D eigenvalue weighted by Crippen LogP contribution is 2.35. The van der Waals surface area contributed by atoms with Crippen molar-refractivity contribution in [2.45, 2.75) is 25.6 Å². The minimum Gasteiger partial charge on any atom is -0.489 e. The third kappa shape index (κ3) is 9.57. The quantitative estimate of drug-likeness (QED) is 0.107. The van der Waals surface area contributed by atoms with Crippen molar-refractivity contribution in [1.82, 2.24) is 14.5 Å². The number of nitrogens with zero attached hydrogens (tertiary/aromatic N) is 3. The van der Waals surface area contributed by atoms with Gasteiger partial charge >= 0.3 is 29.9 Å². The summed E-state index contributed by atoms with van der Waals surface area (Å²) in [6.07, 6.45) is 2.19. The minimum atomic E-state index is -1.65. The van der Waals surface area contributed by atoms with E-state index in [0.717, 1.165) is 6.42 Å². The zero-order valence-electron chi connectivity index (χ0n) is 25.3. The van der Waals surface area contributed by atoms with Gasteiger partial charge in [-0.05, 0) is 42.8 Å². The van der Waals surface area contributed by atoms with Crippen molar-refractivity contribution >= 4 is 64.7 Å². The number of imidazole rings is 1. The predicted octanol–water partition coefficient (Wildman–Crippen LogP) is 6.12. The first kappa shape index (κ1) is 35.9. The number of ether oxygens (including phenoxy) is 4. The molecule has 1 aromatic heterocycles. The topological polar surface area (TPSA) is 143 Å². The molecule has 15 heteroatoms. The Hall–Kier alpha value is -4.91. The number of halogens is 3. The van der Waals surface area contributed by atoms with E-state index in [9.17, 15) is 24.0 Å². The molecule has 1 saturated heterocycles. The zero-order chi connectivity index (χ0) is 34.6. The lowest BCUT2D eigenvalue weighted by Gasteiger charge is -2.22. The number of cyclic esters (lactones) is 2. The number of hydrogen-bond donors (Lipinski definition) is 0. The molecule has 0 unspecified atom stereocenters. The Kier molecular flexibility index (Phi) is 13.0. The lowest BCUT2D eigenvalue weighted by Crippen LogP contribution is -2.37. The highest BCUT2D eigenvalue weighted by atomic mass is 35.5. The lowest BCUT2D eigenvalue weighted by molar-refractivity contribution is -0.155. The smallest absolute Gasteiger partial charge is 0.359 e. The summed E-state index contributed by atoms with van der Waals surface area (Å²) in [7, 11) is 0. The Labute approximate surface area is 290 Å². The number of carbonyl (C=O) groups excluding carboxylic acids is 5. The van der Waals surface area contributed by atoms with E-state index in [2.05, 4.69) is 9.72 Å². The molecule has 1 fully saturated rings. The first-order valence-electron chi connectivity index (χ1n) is 14.4. The van der Waals surface area contributed by atoms with Gasteiger partial charge in [-0.2, -0.15) is 0 Å². The summed E-state index contributed by atoms with van der Waals surface area (Å²) >= 11 is 18.0. The summed E-state index contributed by atoms with van der Waals surface area (Å²) < 4.78 is 21.5. The molecule has 1 aliphatic rings. The number of esters is 4. The molecule has 0 N–H and O–H groups in total. The maximum absolute atomic E-state index is 12.3. The molecule has 250 valence electrons. The molecule has 0 radical (unpaired) electrons. The number of carbonyl (C=O) groups is 5. The lowest BCUT2D eigenvalue weighted by atomic mass is 10.2. The summed E-state index contributed by atoms with van der Waals surface area (Å²) in [4.78, 5) is 65.6. The van der Waals surface area contributed by atoms with E-state index in [1.165, 1.54) is 35.2 Å². The van der Waals surface area contributed by atoms with Crippen LogP contribution in [0.2, 0.25) is 15.1 Å². The summed E-state index contributed by atoms with van der Waals surface area (Å²) in [6, 6.07) is 18.8. The van der Waals surface area contributed by atoms with Gasteiger partial charge in [0.1, 0.15) is 12.9 Å². The van der Waals surface area contributed by atoms with E-state index in [1.54, 1.807) is 65.8 Å². The fourth-order valence-electron chi connectivity index (χ4n) is 4.23. The largest absolute Gasteiger partial charge is 0.489 e. The fraction of sp³-hybridized carbons (Fsp3) is 0.212. The van der Waals surface area contributed by atoms with Crippen molar-refractivity contribution in [1.29, 1.82) is 0 Å². The Morgan fingerprint density at radius 2 is 1.35 bits per heavy atom. The first-order valence-corrected chi connectivity index (χ1v) is 15.5. The molecule has 4 aromatic rings. The van der Waals surface area contributed by atoms with Crippen LogP contribution in [-0.2, 0) is 23.8 Å². The van der Waals surface area contributed by atoms with Gasteiger partial charge in [-0.15, -0.1) is 0 Å². The maximum atomic E-state index is 12.3. The highest BCUT2D eigenvalue weighted by molar-refractivity contribution is 6.40. The van der Waals surface area contributed by atoms with Gasteiger partial charge < -0.3 is 23.8 Å². The molecular formula is C33H28Cl3N3O9. The Bertz CT molecular complexity index is 1650. The molecule has 3 aromatic carbocycles. The molecule has 5 rings (SSSR count). The van der Waals surface area contributed by atoms with Crippen molar-refractivity contribution < 1.29 is 42.9 Å². The summed E-state index contributed by atoms with van der Waals surface area (Å²) in [6.45, 7) is 3.28. The van der Waals surface area contributed by atoms with Gasteiger partial charge in [-0.1, -0.05) is 78.1 Å². The van der Waals surface area contributed by atoms with Gasteiger partial charge in [0.15, 0.2) is 5.75 Å². The van der Waals surface area contributed by atoms with Crippen LogP contribution >= 0.6 is 34.8 Å². The molecule has 48 heavy (non-hydrogen) atoms. The second-order valence-electron chi connectivity index (χ2n) is 9.91. The number of rotatable bonds is 10. The maximum Gasteiger partial charge on any atom is 0.359 e. The van der Waals surface area contributed by atoms with Crippen LogP contribution in [0, 0.1) is 0 Å². The van der Waals surface area contributed by atoms with E-state index >= 15 is 0 Å². The van der Waals surface area contributed by atoms with Crippen LogP contribution in [0.5, 0.6) is 5.75 Å². The monoisotopic (exact) mass is 715 g/mol. The molecule has 0 saturated carbocycles. The molecule has 0 spiro atoms. The fourth-order valence-corrected chi connectivity index (χ4v) is 5.16. The van der Waals surface area contributed by atoms with Gasteiger partial charge in [0.05, 0.1) is 27.7 Å². The van der Waals surface area contributed by atoms with E-state index < -0.39 is 36.1 Å². The number of amides is 1. The Morgan fingerprint density at radius 1 is 0.833 bits per heavy atom. The summed E-state index contributed by atoms with van der Waals surface area (Å²) in [5.41, 5.74) is 0.366. The second-order valence-corrected chi connectivity index (χ2v) is 11.2. The van der Waals surface area contributed by atoms with Gasteiger partial charge in [0.25, 0.3) is 0 Å². The number of benzene rings is 3. The van der Waals surface area contributed by atoms with Crippen LogP contribution in [0.25, 0.3) is 0 Å². The molecule has 0 aliphatic carbocycles. The molecule has 12 nitrogen and oxygen atoms in total. The van der Waals surface area contributed by atoms with Gasteiger partial charge in [-0.3, -0.25) is 4.57 Å². The molecule has 2 atom stereocenters. The highest BCUT2D eigenvalue weighted by Gasteiger charge is 2.50. The van der Waals surface area contributed by atoms with Crippen molar-refractivity contribution in [3.05, 3.63) is 118 Å². The zero-order valence-corrected chi connectivity index (χ0v) is 27.6. The third-order valence-corrected chi connectivity index (χ3v) is 7.27. The van der Waals surface area contributed by atoms with Crippen LogP contribution in [0.1, 0.15) is 34.1 Å². The average Bonchev–Trinajstić information content (AvgIpc) is 3.71. The molecule has 1 amide bonds. The average molecular weight is 717 g/mol. The number of hydrogen-bond acceptors (Lipinski definition) is 10. The van der Waals surface area contributed by atoms with E-state index in [4.69, 9.17) is 49.0 Å². The standard InChI is InChI=1S/C18H12O7.C15H16Cl3N3O2/c19-15(11-7-3-1-4-8-11)23-13-14(18(22)25-17(13)21)24-16(20)12-9-5-2-6-10-12;1-2-4-20(15(22)21-5-3-19-10-21)6-7-23-14-12(17)8-11(16)9-13(14)18/h1-10,13-14H;3,5,8-10H,2,4,6-7H2,1H3/t13-,14-;/m0./s1. The molecule has 2 heterocycles. The number of aromatic nitrogens is 2. The Balaban J connectivity index is 0.000000218. The van der Waals surface area contributed by atoms with Gasteiger partial charge in [-0.25, -0.2) is 29.0 Å². The van der Waals surface area contributed by atoms with Crippen LogP contribution in [0.15, 0.2) is 91.5 Å². The SMILES string of the molecule is CCCN(CCOc1c(Cl)cc(Cl)cc1Cl)C(=O)n1ccnc1.O=C(O[C@@H]1C(=O)OC(=O)[C@H]1OC(=O)c1ccccc1)c1ccccc1. The van der Waals surface area contributed by atoms with Crippen LogP contribution in [0.4, 0.5) is 4.79 Å². The van der Waals surface area contributed by atoms with E-state index in [1.807, 2.05) is 6.92 Å². The van der Waals surface area contributed by atoms with Crippen molar-refractivity contribution in [2.24, 2.45) is 0 Å². The van der Waals surface area contributed by atoms with Crippen molar-refractivity contribution in [3.63, 3.8) is 0 Å². The summed E-state index contributed by atoms with van der Waals surface area (Å²) in [5, 5.41) is 1.12. The van der Waals surface area contributed by atoms with Crippen LogP contribution in [-0.4, -0.2) is 76.3 Å². The molecular weight excluding hydrogens is 689 g/mol. The van der Waals surface area contributed by atoms with Crippen molar-refractivity contribution in [3.8, 4) is 5.75 Å². The van der Waals surface area contributed by atoms with Gasteiger partial charge in [0.2, 0.25) is 12.2 Å². The molecule has 0 bridgehead atoms.